The first kappa shape index (κ1) is 16.5. The lowest BCUT2D eigenvalue weighted by Gasteiger charge is -2.10. The first-order chi connectivity index (χ1) is 9.35. The van der Waals surface area contributed by atoms with E-state index in [1.54, 1.807) is 12.1 Å². The molecule has 112 valence electrons. The number of rotatable bonds is 7. The zero-order valence-electron chi connectivity index (χ0n) is 11.9. The number of hydrogen-bond donors (Lipinski definition) is 3. The number of sulfonamides is 1. The summed E-state index contributed by atoms with van der Waals surface area (Å²) in [5.74, 6) is -0.0121. The second kappa shape index (κ2) is 7.25. The molecule has 0 aliphatic heterocycles. The van der Waals surface area contributed by atoms with Crippen LogP contribution in [-0.2, 0) is 14.8 Å². The maximum atomic E-state index is 11.5. The van der Waals surface area contributed by atoms with Crippen LogP contribution in [0.3, 0.4) is 0 Å². The minimum absolute atomic E-state index is 0.0121. The van der Waals surface area contributed by atoms with Crippen LogP contribution < -0.4 is 15.4 Å². The van der Waals surface area contributed by atoms with Gasteiger partial charge in [0.1, 0.15) is 0 Å². The van der Waals surface area contributed by atoms with Crippen molar-refractivity contribution in [1.29, 1.82) is 0 Å². The largest absolute Gasteiger partial charge is 0.385 e. The summed E-state index contributed by atoms with van der Waals surface area (Å²) in [6.07, 6.45) is 0.370. The number of carbonyl (C=O) groups excluding carboxylic acids is 1. The monoisotopic (exact) mass is 299 g/mol. The highest BCUT2D eigenvalue weighted by Gasteiger charge is 2.10. The summed E-state index contributed by atoms with van der Waals surface area (Å²) in [5, 5.41) is 5.87. The van der Waals surface area contributed by atoms with Gasteiger partial charge >= 0.3 is 0 Å². The van der Waals surface area contributed by atoms with E-state index < -0.39 is 10.0 Å². The molecule has 1 aromatic rings. The van der Waals surface area contributed by atoms with Gasteiger partial charge in [0, 0.05) is 24.7 Å². The third kappa shape index (κ3) is 5.18. The molecular formula is C13H21N3O3S. The van der Waals surface area contributed by atoms with E-state index in [1.807, 2.05) is 13.8 Å². The SMILES string of the molecule is CNS(=O)(=O)c1ccc(NCCC(=O)NC(C)C)cc1. The van der Waals surface area contributed by atoms with E-state index in [0.717, 1.165) is 5.69 Å². The Hall–Kier alpha value is -1.60. The Bertz CT molecular complexity index is 538. The Morgan fingerprint density at radius 1 is 1.20 bits per heavy atom. The van der Waals surface area contributed by atoms with Crippen molar-refractivity contribution in [2.75, 3.05) is 18.9 Å². The van der Waals surface area contributed by atoms with Crippen LogP contribution >= 0.6 is 0 Å². The number of anilines is 1. The van der Waals surface area contributed by atoms with Crippen molar-refractivity contribution < 1.29 is 13.2 Å². The fourth-order valence-corrected chi connectivity index (χ4v) is 2.31. The Kier molecular flexibility index (Phi) is 5.97. The molecule has 0 bridgehead atoms. The summed E-state index contributed by atoms with van der Waals surface area (Å²) >= 11 is 0. The average molecular weight is 299 g/mol. The highest BCUT2D eigenvalue weighted by molar-refractivity contribution is 7.89. The van der Waals surface area contributed by atoms with Gasteiger partial charge in [0.2, 0.25) is 15.9 Å². The quantitative estimate of drug-likeness (QED) is 0.699. The number of carbonyl (C=O) groups is 1. The van der Waals surface area contributed by atoms with Gasteiger partial charge in [0.15, 0.2) is 0 Å². The standard InChI is InChI=1S/C13H21N3O3S/c1-10(2)16-13(17)8-9-15-11-4-6-12(7-5-11)20(18,19)14-3/h4-7,10,14-15H,8-9H2,1-3H3,(H,16,17). The maximum absolute atomic E-state index is 11.5. The topological polar surface area (TPSA) is 87.3 Å². The van der Waals surface area contributed by atoms with Crippen molar-refractivity contribution in [3.05, 3.63) is 24.3 Å². The second-order valence-electron chi connectivity index (χ2n) is 4.63. The van der Waals surface area contributed by atoms with Gasteiger partial charge in [-0.2, -0.15) is 0 Å². The fraction of sp³-hybridized carbons (Fsp3) is 0.462. The van der Waals surface area contributed by atoms with Gasteiger partial charge in [-0.25, -0.2) is 13.1 Å². The summed E-state index contributed by atoms with van der Waals surface area (Å²) in [4.78, 5) is 11.6. The molecule has 0 heterocycles. The first-order valence-electron chi connectivity index (χ1n) is 6.42. The molecule has 0 aliphatic rings. The van der Waals surface area contributed by atoms with E-state index in [9.17, 15) is 13.2 Å². The molecule has 1 amide bonds. The molecule has 0 atom stereocenters. The molecule has 0 unspecified atom stereocenters. The maximum Gasteiger partial charge on any atom is 0.240 e. The molecule has 6 nitrogen and oxygen atoms in total. The molecule has 3 N–H and O–H groups in total. The highest BCUT2D eigenvalue weighted by atomic mass is 32.2. The summed E-state index contributed by atoms with van der Waals surface area (Å²) in [5.41, 5.74) is 0.775. The van der Waals surface area contributed by atoms with Crippen LogP contribution in [0.5, 0.6) is 0 Å². The van der Waals surface area contributed by atoms with Crippen LogP contribution in [0.2, 0.25) is 0 Å². The van der Waals surface area contributed by atoms with Gasteiger partial charge in [-0.05, 0) is 45.2 Å². The molecule has 0 aliphatic carbocycles. The van der Waals surface area contributed by atoms with Crippen molar-refractivity contribution in [1.82, 2.24) is 10.0 Å². The molecule has 1 aromatic carbocycles. The Labute approximate surface area is 120 Å². The average Bonchev–Trinajstić information content (AvgIpc) is 2.38. The lowest BCUT2D eigenvalue weighted by Crippen LogP contribution is -2.31. The van der Waals surface area contributed by atoms with E-state index >= 15 is 0 Å². The zero-order chi connectivity index (χ0) is 15.2. The Morgan fingerprint density at radius 3 is 2.30 bits per heavy atom. The van der Waals surface area contributed by atoms with E-state index in [1.165, 1.54) is 19.2 Å². The van der Waals surface area contributed by atoms with Crippen LogP contribution in [0.4, 0.5) is 5.69 Å². The van der Waals surface area contributed by atoms with Crippen molar-refractivity contribution >= 4 is 21.6 Å². The number of hydrogen-bond acceptors (Lipinski definition) is 4. The Balaban J connectivity index is 2.49. The Morgan fingerprint density at radius 2 is 1.80 bits per heavy atom. The van der Waals surface area contributed by atoms with Crippen LogP contribution in [0.1, 0.15) is 20.3 Å². The molecule has 7 heteroatoms. The molecule has 0 spiro atoms. The number of nitrogens with one attached hydrogen (secondary N) is 3. The predicted molar refractivity (Wildman–Crippen MR) is 79.1 cm³/mol. The number of benzene rings is 1. The molecular weight excluding hydrogens is 278 g/mol. The normalized spacial score (nSPS) is 11.4. The van der Waals surface area contributed by atoms with Crippen molar-refractivity contribution in [3.63, 3.8) is 0 Å². The molecule has 20 heavy (non-hydrogen) atoms. The summed E-state index contributed by atoms with van der Waals surface area (Å²) in [6, 6.07) is 6.51. The fourth-order valence-electron chi connectivity index (χ4n) is 1.58. The minimum Gasteiger partial charge on any atom is -0.385 e. The number of amides is 1. The highest BCUT2D eigenvalue weighted by Crippen LogP contribution is 2.13. The van der Waals surface area contributed by atoms with Crippen molar-refractivity contribution in [3.8, 4) is 0 Å². The van der Waals surface area contributed by atoms with E-state index in [4.69, 9.17) is 0 Å². The molecule has 0 aromatic heterocycles. The van der Waals surface area contributed by atoms with Gasteiger partial charge < -0.3 is 10.6 Å². The lowest BCUT2D eigenvalue weighted by molar-refractivity contribution is -0.121. The van der Waals surface area contributed by atoms with Crippen LogP contribution in [0, 0.1) is 0 Å². The molecule has 0 radical (unpaired) electrons. The lowest BCUT2D eigenvalue weighted by atomic mass is 10.3. The summed E-state index contributed by atoms with van der Waals surface area (Å²) in [7, 11) is -2.03. The minimum atomic E-state index is -3.40. The van der Waals surface area contributed by atoms with E-state index in [-0.39, 0.29) is 16.8 Å². The molecule has 0 fully saturated rings. The molecule has 0 saturated carbocycles. The van der Waals surface area contributed by atoms with E-state index in [0.29, 0.717) is 13.0 Å². The van der Waals surface area contributed by atoms with E-state index in [2.05, 4.69) is 15.4 Å². The van der Waals surface area contributed by atoms with Gasteiger partial charge in [-0.1, -0.05) is 0 Å². The summed E-state index contributed by atoms with van der Waals surface area (Å²) < 4.78 is 25.3. The van der Waals surface area contributed by atoms with Gasteiger partial charge in [-0.15, -0.1) is 0 Å². The predicted octanol–water partition coefficient (Wildman–Crippen LogP) is 0.921. The van der Waals surface area contributed by atoms with Gasteiger partial charge in [0.25, 0.3) is 0 Å². The third-order valence-corrected chi connectivity index (χ3v) is 3.99. The van der Waals surface area contributed by atoms with Crippen LogP contribution in [0.25, 0.3) is 0 Å². The molecule has 1 rings (SSSR count). The molecule has 0 saturated heterocycles. The van der Waals surface area contributed by atoms with Gasteiger partial charge in [-0.3, -0.25) is 4.79 Å². The second-order valence-corrected chi connectivity index (χ2v) is 6.52. The van der Waals surface area contributed by atoms with Crippen molar-refractivity contribution in [2.45, 2.75) is 31.2 Å². The third-order valence-electron chi connectivity index (χ3n) is 2.56. The van der Waals surface area contributed by atoms with Crippen LogP contribution in [0.15, 0.2) is 29.2 Å². The smallest absolute Gasteiger partial charge is 0.240 e. The first-order valence-corrected chi connectivity index (χ1v) is 7.90. The summed E-state index contributed by atoms with van der Waals surface area (Å²) in [6.45, 7) is 4.31. The van der Waals surface area contributed by atoms with Crippen LogP contribution in [-0.4, -0.2) is 34.0 Å². The van der Waals surface area contributed by atoms with Crippen molar-refractivity contribution in [2.24, 2.45) is 0 Å². The zero-order valence-corrected chi connectivity index (χ0v) is 12.8. The van der Waals surface area contributed by atoms with Gasteiger partial charge in [0.05, 0.1) is 4.90 Å².